The Morgan fingerprint density at radius 2 is 1.91 bits per heavy atom. The van der Waals surface area contributed by atoms with E-state index >= 15 is 0 Å². The van der Waals surface area contributed by atoms with Crippen LogP contribution in [0, 0.1) is 0 Å². The third-order valence-electron chi connectivity index (χ3n) is 3.62. The fourth-order valence-electron chi connectivity index (χ4n) is 2.44. The molecular weight excluding hydrogens is 433 g/mol. The number of nitrogens with zero attached hydrogens (tertiary/aromatic N) is 2. The summed E-state index contributed by atoms with van der Waals surface area (Å²) in [6.07, 6.45) is 0.850. The van der Waals surface area contributed by atoms with Gasteiger partial charge < -0.3 is 24.8 Å². The summed E-state index contributed by atoms with van der Waals surface area (Å²) in [5.41, 5.74) is 6.98. The lowest BCUT2D eigenvalue weighted by Gasteiger charge is -2.27. The van der Waals surface area contributed by atoms with Crippen LogP contribution in [-0.2, 0) is 11.3 Å². The normalized spacial score (nSPS) is 18.1. The molecule has 2 N–H and O–H groups in total. The van der Waals surface area contributed by atoms with Crippen LogP contribution >= 0.6 is 35.6 Å². The molecule has 0 amide bonds. The molecule has 2 heterocycles. The van der Waals surface area contributed by atoms with Gasteiger partial charge in [0.1, 0.15) is 0 Å². The summed E-state index contributed by atoms with van der Waals surface area (Å²) in [6.45, 7) is 4.63. The highest BCUT2D eigenvalue weighted by molar-refractivity contribution is 14.0. The van der Waals surface area contributed by atoms with Gasteiger partial charge in [-0.15, -0.1) is 24.0 Å². The maximum absolute atomic E-state index is 6.27. The Morgan fingerprint density at radius 1 is 1.17 bits per heavy atom. The van der Waals surface area contributed by atoms with E-state index in [0.29, 0.717) is 55.5 Å². The molecule has 0 unspecified atom stereocenters. The van der Waals surface area contributed by atoms with Crippen molar-refractivity contribution in [1.29, 1.82) is 0 Å². The van der Waals surface area contributed by atoms with Gasteiger partial charge in [0.25, 0.3) is 0 Å². The molecule has 0 saturated carbocycles. The molecule has 128 valence electrons. The number of hydrogen-bond donors (Lipinski definition) is 1. The van der Waals surface area contributed by atoms with E-state index in [2.05, 4.69) is 4.99 Å². The fraction of sp³-hybridized carbons (Fsp3) is 0.533. The van der Waals surface area contributed by atoms with Crippen molar-refractivity contribution in [3.8, 4) is 11.5 Å². The van der Waals surface area contributed by atoms with E-state index < -0.39 is 0 Å². The van der Waals surface area contributed by atoms with Crippen LogP contribution in [0.4, 0.5) is 0 Å². The number of rotatable bonds is 2. The second-order valence-electron chi connectivity index (χ2n) is 5.23. The summed E-state index contributed by atoms with van der Waals surface area (Å²) in [7, 11) is 0. The lowest BCUT2D eigenvalue weighted by atomic mass is 10.2. The second-order valence-corrected chi connectivity index (χ2v) is 5.64. The molecule has 2 aliphatic rings. The Bertz CT molecular complexity index is 565. The zero-order chi connectivity index (χ0) is 15.4. The summed E-state index contributed by atoms with van der Waals surface area (Å²) < 4.78 is 16.6. The predicted molar refractivity (Wildman–Crippen MR) is 100 cm³/mol. The summed E-state index contributed by atoms with van der Waals surface area (Å²) in [4.78, 5) is 6.46. The zero-order valence-corrected chi connectivity index (χ0v) is 15.9. The van der Waals surface area contributed by atoms with Gasteiger partial charge in [-0.05, 0) is 17.7 Å². The van der Waals surface area contributed by atoms with Crippen molar-refractivity contribution in [3.05, 3.63) is 22.7 Å². The molecule has 0 radical (unpaired) electrons. The van der Waals surface area contributed by atoms with E-state index in [9.17, 15) is 0 Å². The summed E-state index contributed by atoms with van der Waals surface area (Å²) in [5.74, 6) is 1.83. The molecule has 0 atom stereocenters. The molecule has 0 aliphatic carbocycles. The van der Waals surface area contributed by atoms with E-state index in [1.54, 1.807) is 0 Å². The lowest BCUT2D eigenvalue weighted by Crippen LogP contribution is -2.44. The number of guanidine groups is 1. The molecule has 23 heavy (non-hydrogen) atoms. The van der Waals surface area contributed by atoms with Gasteiger partial charge in [0.2, 0.25) is 0 Å². The number of morpholine rings is 1. The van der Waals surface area contributed by atoms with Crippen LogP contribution in [-0.4, -0.2) is 50.4 Å². The number of aliphatic imine (C=N–C) groups is 1. The van der Waals surface area contributed by atoms with Crippen LogP contribution in [0.3, 0.4) is 0 Å². The van der Waals surface area contributed by atoms with Crippen LogP contribution in [0.1, 0.15) is 12.0 Å². The van der Waals surface area contributed by atoms with Crippen molar-refractivity contribution in [3.63, 3.8) is 0 Å². The van der Waals surface area contributed by atoms with Crippen molar-refractivity contribution in [2.45, 2.75) is 13.0 Å². The third kappa shape index (κ3) is 4.77. The number of hydrogen-bond acceptors (Lipinski definition) is 4. The van der Waals surface area contributed by atoms with Gasteiger partial charge in [-0.2, -0.15) is 0 Å². The van der Waals surface area contributed by atoms with Gasteiger partial charge in [0.05, 0.1) is 38.0 Å². The van der Waals surface area contributed by atoms with Crippen LogP contribution in [0.2, 0.25) is 5.02 Å². The highest BCUT2D eigenvalue weighted by atomic mass is 127. The van der Waals surface area contributed by atoms with E-state index in [1.807, 2.05) is 17.0 Å². The first-order valence-electron chi connectivity index (χ1n) is 7.44. The second kappa shape index (κ2) is 8.79. The Balaban J connectivity index is 0.00000192. The molecule has 8 heteroatoms. The molecule has 2 aliphatic heterocycles. The summed E-state index contributed by atoms with van der Waals surface area (Å²) >= 11 is 6.27. The van der Waals surface area contributed by atoms with Gasteiger partial charge in [0, 0.05) is 19.5 Å². The standard InChI is InChI=1S/C15H20ClN3O3.HI/c16-12-8-11(9-13-14(12)22-5-1-4-21-13)10-18-15(17)19-2-6-20-7-3-19;/h8-9H,1-7,10H2,(H2,17,18);1H. The van der Waals surface area contributed by atoms with Crippen LogP contribution in [0.25, 0.3) is 0 Å². The van der Waals surface area contributed by atoms with Crippen molar-refractivity contribution in [1.82, 2.24) is 4.90 Å². The Morgan fingerprint density at radius 3 is 2.70 bits per heavy atom. The highest BCUT2D eigenvalue weighted by Gasteiger charge is 2.16. The van der Waals surface area contributed by atoms with Crippen molar-refractivity contribution >= 4 is 41.5 Å². The minimum atomic E-state index is 0. The van der Waals surface area contributed by atoms with Gasteiger partial charge in [0.15, 0.2) is 17.5 Å². The zero-order valence-electron chi connectivity index (χ0n) is 12.8. The average molecular weight is 454 g/mol. The SMILES string of the molecule is I.NC(=NCc1cc(Cl)c2c(c1)OCCCO2)N1CCOCC1. The quantitative estimate of drug-likeness (QED) is 0.423. The minimum absolute atomic E-state index is 0. The van der Waals surface area contributed by atoms with Crippen LogP contribution in [0.15, 0.2) is 17.1 Å². The number of fused-ring (bicyclic) bond motifs is 1. The molecule has 1 aromatic carbocycles. The lowest BCUT2D eigenvalue weighted by molar-refractivity contribution is 0.0674. The van der Waals surface area contributed by atoms with Gasteiger partial charge in [-0.1, -0.05) is 11.6 Å². The van der Waals surface area contributed by atoms with Crippen molar-refractivity contribution < 1.29 is 14.2 Å². The van der Waals surface area contributed by atoms with E-state index in [0.717, 1.165) is 25.1 Å². The van der Waals surface area contributed by atoms with Gasteiger partial charge in [-0.3, -0.25) is 0 Å². The molecule has 0 spiro atoms. The number of ether oxygens (including phenoxy) is 3. The number of benzene rings is 1. The minimum Gasteiger partial charge on any atom is -0.489 e. The monoisotopic (exact) mass is 453 g/mol. The Labute approximate surface area is 157 Å². The molecule has 6 nitrogen and oxygen atoms in total. The number of nitrogens with two attached hydrogens (primary N) is 1. The fourth-order valence-corrected chi connectivity index (χ4v) is 2.73. The van der Waals surface area contributed by atoms with Crippen molar-refractivity contribution in [2.75, 3.05) is 39.5 Å². The molecule has 3 rings (SSSR count). The summed E-state index contributed by atoms with van der Waals surface area (Å²) in [6, 6.07) is 3.77. The molecule has 0 bridgehead atoms. The molecule has 0 aromatic heterocycles. The van der Waals surface area contributed by atoms with E-state index in [4.69, 9.17) is 31.5 Å². The molecule has 1 aromatic rings. The third-order valence-corrected chi connectivity index (χ3v) is 3.90. The highest BCUT2D eigenvalue weighted by Crippen LogP contribution is 2.38. The average Bonchev–Trinajstić information content (AvgIpc) is 2.79. The molecule has 1 saturated heterocycles. The maximum Gasteiger partial charge on any atom is 0.191 e. The first-order chi connectivity index (χ1) is 10.7. The predicted octanol–water partition coefficient (Wildman–Crippen LogP) is 2.27. The maximum atomic E-state index is 6.27. The topological polar surface area (TPSA) is 69.3 Å². The molecule has 1 fully saturated rings. The Hall–Kier alpha value is -0.930. The van der Waals surface area contributed by atoms with E-state index in [-0.39, 0.29) is 24.0 Å². The summed E-state index contributed by atoms with van der Waals surface area (Å²) in [5, 5.41) is 0.551. The molecular formula is C15H21ClIN3O3. The van der Waals surface area contributed by atoms with Gasteiger partial charge >= 0.3 is 0 Å². The number of halogens is 2. The van der Waals surface area contributed by atoms with E-state index in [1.165, 1.54) is 0 Å². The first kappa shape index (κ1) is 18.4. The van der Waals surface area contributed by atoms with Gasteiger partial charge in [-0.25, -0.2) is 4.99 Å². The van der Waals surface area contributed by atoms with Crippen molar-refractivity contribution in [2.24, 2.45) is 10.7 Å². The smallest absolute Gasteiger partial charge is 0.191 e. The van der Waals surface area contributed by atoms with Crippen LogP contribution in [0.5, 0.6) is 11.5 Å². The Kier molecular flexibility index (Phi) is 7.04. The first-order valence-corrected chi connectivity index (χ1v) is 7.82. The largest absolute Gasteiger partial charge is 0.489 e. The van der Waals surface area contributed by atoms with Crippen LogP contribution < -0.4 is 15.2 Å².